The first-order chi connectivity index (χ1) is 12.3. The molecule has 4 nitrogen and oxygen atoms in total. The summed E-state index contributed by atoms with van der Waals surface area (Å²) in [5, 5.41) is 15.2. The standard InChI is InChI=1S/C21H21ClN2O2/c1-21(2,3)13-17-18(20(25)26)19(14-8-5-4-6-9-14)24(23-17)16-11-7-10-15(22)12-16/h4-12H,13H2,1-3H3,(H,25,26). The van der Waals surface area contributed by atoms with Gasteiger partial charge in [0, 0.05) is 10.6 Å². The molecule has 0 spiro atoms. The molecule has 3 aromatic rings. The summed E-state index contributed by atoms with van der Waals surface area (Å²) >= 11 is 6.15. The molecule has 1 N–H and O–H groups in total. The van der Waals surface area contributed by atoms with Crippen molar-refractivity contribution in [2.45, 2.75) is 27.2 Å². The van der Waals surface area contributed by atoms with E-state index in [0.717, 1.165) is 11.3 Å². The summed E-state index contributed by atoms with van der Waals surface area (Å²) in [4.78, 5) is 12.1. The minimum Gasteiger partial charge on any atom is -0.478 e. The van der Waals surface area contributed by atoms with E-state index in [-0.39, 0.29) is 11.0 Å². The number of hydrogen-bond acceptors (Lipinski definition) is 2. The van der Waals surface area contributed by atoms with Crippen LogP contribution in [0.15, 0.2) is 54.6 Å². The highest BCUT2D eigenvalue weighted by Gasteiger charge is 2.28. The second-order valence-corrected chi connectivity index (χ2v) is 7.91. The van der Waals surface area contributed by atoms with Crippen molar-refractivity contribution in [1.29, 1.82) is 0 Å². The minimum absolute atomic E-state index is 0.0916. The number of carboxylic acids is 1. The highest BCUT2D eigenvalue weighted by atomic mass is 35.5. The maximum Gasteiger partial charge on any atom is 0.339 e. The van der Waals surface area contributed by atoms with E-state index in [2.05, 4.69) is 25.9 Å². The topological polar surface area (TPSA) is 55.1 Å². The molecule has 0 aliphatic rings. The summed E-state index contributed by atoms with van der Waals surface area (Å²) in [6, 6.07) is 16.7. The summed E-state index contributed by atoms with van der Waals surface area (Å²) in [6.07, 6.45) is 0.558. The highest BCUT2D eigenvalue weighted by Crippen LogP contribution is 2.33. The van der Waals surface area contributed by atoms with Gasteiger partial charge in [0.1, 0.15) is 5.56 Å². The van der Waals surface area contributed by atoms with Gasteiger partial charge in [-0.2, -0.15) is 5.10 Å². The normalized spacial score (nSPS) is 11.5. The van der Waals surface area contributed by atoms with Crippen LogP contribution in [-0.2, 0) is 6.42 Å². The molecule has 0 amide bonds. The van der Waals surface area contributed by atoms with Crippen LogP contribution >= 0.6 is 11.6 Å². The Balaban J connectivity index is 2.32. The third-order valence-corrected chi connectivity index (χ3v) is 4.20. The van der Waals surface area contributed by atoms with E-state index < -0.39 is 5.97 Å². The monoisotopic (exact) mass is 368 g/mol. The lowest BCUT2D eigenvalue weighted by Gasteiger charge is -2.16. The van der Waals surface area contributed by atoms with Crippen LogP contribution in [0, 0.1) is 5.41 Å². The van der Waals surface area contributed by atoms with Crippen LogP contribution in [0.5, 0.6) is 0 Å². The van der Waals surface area contributed by atoms with Crippen molar-refractivity contribution in [3.05, 3.63) is 70.9 Å². The molecule has 0 bridgehead atoms. The van der Waals surface area contributed by atoms with E-state index in [1.54, 1.807) is 16.8 Å². The Morgan fingerprint density at radius 3 is 2.38 bits per heavy atom. The van der Waals surface area contributed by atoms with Crippen LogP contribution in [0.3, 0.4) is 0 Å². The molecule has 1 heterocycles. The Morgan fingerprint density at radius 1 is 1.12 bits per heavy atom. The average molecular weight is 369 g/mol. The second-order valence-electron chi connectivity index (χ2n) is 7.47. The number of nitrogens with zero attached hydrogens (tertiary/aromatic N) is 2. The number of aromatic nitrogens is 2. The number of hydrogen-bond donors (Lipinski definition) is 1. The van der Waals surface area contributed by atoms with E-state index in [9.17, 15) is 9.90 Å². The molecule has 2 aromatic carbocycles. The van der Waals surface area contributed by atoms with Gasteiger partial charge in [-0.3, -0.25) is 0 Å². The maximum absolute atomic E-state index is 12.1. The molecule has 26 heavy (non-hydrogen) atoms. The van der Waals surface area contributed by atoms with Crippen LogP contribution in [0.4, 0.5) is 0 Å². The molecule has 0 atom stereocenters. The van der Waals surface area contributed by atoms with Crippen molar-refractivity contribution in [3.8, 4) is 16.9 Å². The van der Waals surface area contributed by atoms with E-state index in [1.807, 2.05) is 42.5 Å². The summed E-state index contributed by atoms with van der Waals surface area (Å²) in [7, 11) is 0. The molecule has 3 rings (SSSR count). The number of carboxylic acid groups (broad SMARTS) is 1. The van der Waals surface area contributed by atoms with Crippen molar-refractivity contribution in [1.82, 2.24) is 9.78 Å². The van der Waals surface area contributed by atoms with Crippen molar-refractivity contribution < 1.29 is 9.90 Å². The van der Waals surface area contributed by atoms with Gasteiger partial charge in [0.25, 0.3) is 0 Å². The molecular formula is C21H21ClN2O2. The van der Waals surface area contributed by atoms with Gasteiger partial charge in [-0.25, -0.2) is 9.48 Å². The number of carbonyl (C=O) groups is 1. The number of halogens is 1. The van der Waals surface area contributed by atoms with E-state index >= 15 is 0 Å². The molecule has 0 radical (unpaired) electrons. The summed E-state index contributed by atoms with van der Waals surface area (Å²) < 4.78 is 1.69. The van der Waals surface area contributed by atoms with Crippen LogP contribution in [0.2, 0.25) is 5.02 Å². The van der Waals surface area contributed by atoms with E-state index in [4.69, 9.17) is 11.6 Å². The first-order valence-corrected chi connectivity index (χ1v) is 8.80. The summed E-state index contributed by atoms with van der Waals surface area (Å²) in [6.45, 7) is 6.21. The summed E-state index contributed by atoms with van der Waals surface area (Å²) in [5.41, 5.74) is 2.83. The Kier molecular flexibility index (Phi) is 4.88. The van der Waals surface area contributed by atoms with Crippen molar-refractivity contribution in [2.24, 2.45) is 5.41 Å². The Labute approximate surface area is 158 Å². The number of aromatic carboxylic acids is 1. The van der Waals surface area contributed by atoms with E-state index in [1.165, 1.54) is 0 Å². The van der Waals surface area contributed by atoms with Gasteiger partial charge in [0.15, 0.2) is 0 Å². The number of benzene rings is 2. The van der Waals surface area contributed by atoms with Crippen LogP contribution < -0.4 is 0 Å². The number of rotatable bonds is 4. The third kappa shape index (κ3) is 3.81. The first kappa shape index (κ1) is 18.2. The lowest BCUT2D eigenvalue weighted by atomic mass is 9.88. The molecule has 0 unspecified atom stereocenters. The summed E-state index contributed by atoms with van der Waals surface area (Å²) in [5.74, 6) is -0.976. The molecule has 1 aromatic heterocycles. The first-order valence-electron chi connectivity index (χ1n) is 8.43. The zero-order valence-electron chi connectivity index (χ0n) is 15.0. The molecular weight excluding hydrogens is 348 g/mol. The largest absolute Gasteiger partial charge is 0.478 e. The van der Waals surface area contributed by atoms with Crippen LogP contribution in [0.25, 0.3) is 16.9 Å². The van der Waals surface area contributed by atoms with Crippen molar-refractivity contribution >= 4 is 17.6 Å². The van der Waals surface area contributed by atoms with Crippen LogP contribution in [-0.4, -0.2) is 20.9 Å². The van der Waals surface area contributed by atoms with Crippen LogP contribution in [0.1, 0.15) is 36.8 Å². The average Bonchev–Trinajstić information content (AvgIpc) is 2.93. The smallest absolute Gasteiger partial charge is 0.339 e. The lowest BCUT2D eigenvalue weighted by molar-refractivity contribution is 0.0696. The molecule has 0 aliphatic heterocycles. The van der Waals surface area contributed by atoms with Gasteiger partial charge in [-0.15, -0.1) is 0 Å². The van der Waals surface area contributed by atoms with Gasteiger partial charge in [0.05, 0.1) is 17.1 Å². The lowest BCUT2D eigenvalue weighted by Crippen LogP contribution is -2.13. The fraction of sp³-hybridized carbons (Fsp3) is 0.238. The molecule has 134 valence electrons. The van der Waals surface area contributed by atoms with Gasteiger partial charge in [0.2, 0.25) is 0 Å². The maximum atomic E-state index is 12.1. The Morgan fingerprint density at radius 2 is 1.81 bits per heavy atom. The van der Waals surface area contributed by atoms with Crippen molar-refractivity contribution in [2.75, 3.05) is 0 Å². The van der Waals surface area contributed by atoms with Crippen molar-refractivity contribution in [3.63, 3.8) is 0 Å². The molecule has 0 aliphatic carbocycles. The Bertz CT molecular complexity index is 940. The minimum atomic E-state index is -0.976. The Hall–Kier alpha value is -2.59. The van der Waals surface area contributed by atoms with Gasteiger partial charge in [-0.05, 0) is 30.0 Å². The predicted octanol–water partition coefficient (Wildman–Crippen LogP) is 5.48. The van der Waals surface area contributed by atoms with E-state index in [0.29, 0.717) is 22.8 Å². The van der Waals surface area contributed by atoms with Gasteiger partial charge in [-0.1, -0.05) is 68.8 Å². The second kappa shape index (κ2) is 6.96. The fourth-order valence-electron chi connectivity index (χ4n) is 2.97. The molecule has 5 heteroatoms. The fourth-order valence-corrected chi connectivity index (χ4v) is 3.16. The van der Waals surface area contributed by atoms with Gasteiger partial charge < -0.3 is 5.11 Å². The zero-order chi connectivity index (χ0) is 18.9. The highest BCUT2D eigenvalue weighted by molar-refractivity contribution is 6.30. The SMILES string of the molecule is CC(C)(C)Cc1nn(-c2cccc(Cl)c2)c(-c2ccccc2)c1C(=O)O. The third-order valence-electron chi connectivity index (χ3n) is 3.97. The molecule has 0 saturated heterocycles. The van der Waals surface area contributed by atoms with Gasteiger partial charge >= 0.3 is 5.97 Å². The molecule has 0 fully saturated rings. The zero-order valence-corrected chi connectivity index (χ0v) is 15.8. The predicted molar refractivity (Wildman–Crippen MR) is 104 cm³/mol. The molecule has 0 saturated carbocycles. The quantitative estimate of drug-likeness (QED) is 0.663.